The van der Waals surface area contributed by atoms with E-state index in [-0.39, 0.29) is 6.04 Å². The Morgan fingerprint density at radius 3 is 2.60 bits per heavy atom. The minimum atomic E-state index is -0.0220. The monoisotopic (exact) mass is 275 g/mol. The van der Waals surface area contributed by atoms with Gasteiger partial charge in [0.25, 0.3) is 0 Å². The summed E-state index contributed by atoms with van der Waals surface area (Å²) in [4.78, 5) is 0. The minimum absolute atomic E-state index is 0.0220. The molecule has 1 unspecified atom stereocenters. The SMILES string of the molecule is CCNC(c1ccn(C)n1)c1cccc(OC)c1OC. The van der Waals surface area contributed by atoms with Crippen LogP contribution in [0.4, 0.5) is 0 Å². The van der Waals surface area contributed by atoms with Crippen LogP contribution < -0.4 is 14.8 Å². The number of hydrogen-bond donors (Lipinski definition) is 1. The maximum atomic E-state index is 5.52. The fourth-order valence-corrected chi connectivity index (χ4v) is 2.30. The lowest BCUT2D eigenvalue weighted by Crippen LogP contribution is -2.23. The molecule has 5 heteroatoms. The maximum absolute atomic E-state index is 5.52. The number of methoxy groups -OCH3 is 2. The molecule has 0 bridgehead atoms. The number of hydrogen-bond acceptors (Lipinski definition) is 4. The smallest absolute Gasteiger partial charge is 0.165 e. The number of para-hydroxylation sites is 1. The molecular formula is C15H21N3O2. The predicted molar refractivity (Wildman–Crippen MR) is 78.3 cm³/mol. The highest BCUT2D eigenvalue weighted by Gasteiger charge is 2.21. The van der Waals surface area contributed by atoms with Gasteiger partial charge in [-0.1, -0.05) is 19.1 Å². The predicted octanol–water partition coefficient (Wildman–Crippen LogP) is 2.14. The molecule has 1 N–H and O–H groups in total. The topological polar surface area (TPSA) is 48.3 Å². The number of benzene rings is 1. The summed E-state index contributed by atoms with van der Waals surface area (Å²) in [6.07, 6.45) is 1.94. The number of nitrogens with zero attached hydrogens (tertiary/aromatic N) is 2. The van der Waals surface area contributed by atoms with Crippen LogP contribution in [0.2, 0.25) is 0 Å². The quantitative estimate of drug-likeness (QED) is 0.877. The lowest BCUT2D eigenvalue weighted by Gasteiger charge is -2.20. The molecule has 0 saturated heterocycles. The van der Waals surface area contributed by atoms with Gasteiger partial charge in [-0.2, -0.15) is 5.10 Å². The standard InChI is InChI=1S/C15H21N3O2/c1-5-16-14(12-9-10-18(2)17-12)11-7-6-8-13(19-3)15(11)20-4/h6-10,14,16H,5H2,1-4H3. The normalized spacial score (nSPS) is 12.2. The summed E-state index contributed by atoms with van der Waals surface area (Å²) >= 11 is 0. The van der Waals surface area contributed by atoms with Gasteiger partial charge in [0.05, 0.1) is 26.0 Å². The molecule has 0 aliphatic rings. The van der Waals surface area contributed by atoms with Gasteiger partial charge in [-0.05, 0) is 18.7 Å². The number of aryl methyl sites for hydroxylation is 1. The third kappa shape index (κ3) is 2.77. The van der Waals surface area contributed by atoms with E-state index in [0.29, 0.717) is 0 Å². The van der Waals surface area contributed by atoms with Crippen LogP contribution in [0.25, 0.3) is 0 Å². The van der Waals surface area contributed by atoms with Crippen LogP contribution in [0.1, 0.15) is 24.2 Å². The first kappa shape index (κ1) is 14.4. The molecule has 1 aromatic heterocycles. The zero-order valence-electron chi connectivity index (χ0n) is 12.4. The Morgan fingerprint density at radius 2 is 2.05 bits per heavy atom. The molecule has 1 aromatic carbocycles. The maximum Gasteiger partial charge on any atom is 0.165 e. The van der Waals surface area contributed by atoms with Gasteiger partial charge in [0, 0.05) is 18.8 Å². The first-order chi connectivity index (χ1) is 9.71. The summed E-state index contributed by atoms with van der Waals surface area (Å²) in [5.74, 6) is 1.47. The van der Waals surface area contributed by atoms with Gasteiger partial charge >= 0.3 is 0 Å². The average Bonchev–Trinajstić information content (AvgIpc) is 2.90. The van der Waals surface area contributed by atoms with Crippen LogP contribution >= 0.6 is 0 Å². The Kier molecular flexibility index (Phi) is 4.63. The molecule has 0 spiro atoms. The molecule has 2 rings (SSSR count). The largest absolute Gasteiger partial charge is 0.493 e. The second-order valence-electron chi connectivity index (χ2n) is 4.49. The van der Waals surface area contributed by atoms with E-state index in [0.717, 1.165) is 29.3 Å². The van der Waals surface area contributed by atoms with Gasteiger partial charge in [0.1, 0.15) is 0 Å². The number of ether oxygens (including phenoxy) is 2. The van der Waals surface area contributed by atoms with Gasteiger partial charge < -0.3 is 14.8 Å². The van der Waals surface area contributed by atoms with Crippen LogP contribution in [0.15, 0.2) is 30.5 Å². The highest BCUT2D eigenvalue weighted by atomic mass is 16.5. The number of nitrogens with one attached hydrogen (secondary N) is 1. The van der Waals surface area contributed by atoms with Gasteiger partial charge in [-0.3, -0.25) is 4.68 Å². The minimum Gasteiger partial charge on any atom is -0.493 e. The highest BCUT2D eigenvalue weighted by Crippen LogP contribution is 2.36. The third-order valence-electron chi connectivity index (χ3n) is 3.18. The molecule has 0 aliphatic heterocycles. The summed E-state index contributed by atoms with van der Waals surface area (Å²) in [7, 11) is 5.21. The van der Waals surface area contributed by atoms with E-state index in [1.54, 1.807) is 18.9 Å². The molecular weight excluding hydrogens is 254 g/mol. The molecule has 1 atom stereocenters. The van der Waals surface area contributed by atoms with Crippen LogP contribution in [-0.4, -0.2) is 30.5 Å². The van der Waals surface area contributed by atoms with Gasteiger partial charge in [-0.15, -0.1) is 0 Å². The first-order valence-electron chi connectivity index (χ1n) is 6.65. The third-order valence-corrected chi connectivity index (χ3v) is 3.18. The van der Waals surface area contributed by atoms with Crippen molar-refractivity contribution in [3.63, 3.8) is 0 Å². The average molecular weight is 275 g/mol. The highest BCUT2D eigenvalue weighted by molar-refractivity contribution is 5.50. The van der Waals surface area contributed by atoms with Crippen molar-refractivity contribution in [3.8, 4) is 11.5 Å². The van der Waals surface area contributed by atoms with Crippen molar-refractivity contribution < 1.29 is 9.47 Å². The van der Waals surface area contributed by atoms with Gasteiger partial charge in [-0.25, -0.2) is 0 Å². The summed E-state index contributed by atoms with van der Waals surface area (Å²) in [5.41, 5.74) is 1.98. The van der Waals surface area contributed by atoms with E-state index in [2.05, 4.69) is 17.3 Å². The molecule has 0 saturated carbocycles. The molecule has 0 radical (unpaired) electrons. The fraction of sp³-hybridized carbons (Fsp3) is 0.400. The lowest BCUT2D eigenvalue weighted by atomic mass is 10.0. The number of aromatic nitrogens is 2. The summed E-state index contributed by atoms with van der Waals surface area (Å²) in [6, 6.07) is 7.87. The second kappa shape index (κ2) is 6.43. The lowest BCUT2D eigenvalue weighted by molar-refractivity contribution is 0.348. The van der Waals surface area contributed by atoms with Crippen LogP contribution in [-0.2, 0) is 7.05 Å². The molecule has 1 heterocycles. The Labute approximate surface area is 119 Å². The Hall–Kier alpha value is -2.01. The zero-order valence-corrected chi connectivity index (χ0v) is 12.4. The van der Waals surface area contributed by atoms with Crippen molar-refractivity contribution in [2.45, 2.75) is 13.0 Å². The van der Waals surface area contributed by atoms with Crippen molar-refractivity contribution in [2.75, 3.05) is 20.8 Å². The summed E-state index contributed by atoms with van der Waals surface area (Å²) in [6.45, 7) is 2.91. The van der Waals surface area contributed by atoms with E-state index in [4.69, 9.17) is 9.47 Å². The van der Waals surface area contributed by atoms with Crippen LogP contribution in [0.3, 0.4) is 0 Å². The van der Waals surface area contributed by atoms with E-state index >= 15 is 0 Å². The van der Waals surface area contributed by atoms with Gasteiger partial charge in [0.2, 0.25) is 0 Å². The molecule has 5 nitrogen and oxygen atoms in total. The molecule has 0 fully saturated rings. The van der Waals surface area contributed by atoms with Crippen molar-refractivity contribution in [1.82, 2.24) is 15.1 Å². The van der Waals surface area contributed by atoms with E-state index < -0.39 is 0 Å². The first-order valence-corrected chi connectivity index (χ1v) is 6.65. The Balaban J connectivity index is 2.49. The van der Waals surface area contributed by atoms with Crippen LogP contribution in [0, 0.1) is 0 Å². The van der Waals surface area contributed by atoms with Crippen molar-refractivity contribution in [2.24, 2.45) is 7.05 Å². The van der Waals surface area contributed by atoms with E-state index in [1.807, 2.05) is 37.5 Å². The molecule has 2 aromatic rings. The molecule has 0 aliphatic carbocycles. The molecule has 0 amide bonds. The number of rotatable bonds is 6. The Morgan fingerprint density at radius 1 is 1.25 bits per heavy atom. The van der Waals surface area contributed by atoms with Gasteiger partial charge in [0.15, 0.2) is 11.5 Å². The zero-order chi connectivity index (χ0) is 14.5. The Bertz CT molecular complexity index is 566. The van der Waals surface area contributed by atoms with Crippen molar-refractivity contribution >= 4 is 0 Å². The van der Waals surface area contributed by atoms with Crippen molar-refractivity contribution in [1.29, 1.82) is 0 Å². The summed E-state index contributed by atoms with van der Waals surface area (Å²) in [5, 5.41) is 7.94. The van der Waals surface area contributed by atoms with E-state index in [9.17, 15) is 0 Å². The molecule has 108 valence electrons. The molecule has 20 heavy (non-hydrogen) atoms. The fourth-order valence-electron chi connectivity index (χ4n) is 2.30. The van der Waals surface area contributed by atoms with Crippen molar-refractivity contribution in [3.05, 3.63) is 41.7 Å². The van der Waals surface area contributed by atoms with Crippen LogP contribution in [0.5, 0.6) is 11.5 Å². The summed E-state index contributed by atoms with van der Waals surface area (Å²) < 4.78 is 12.7. The second-order valence-corrected chi connectivity index (χ2v) is 4.49. The van der Waals surface area contributed by atoms with E-state index in [1.165, 1.54) is 0 Å².